The Morgan fingerprint density at radius 1 is 1.00 bits per heavy atom. The van der Waals surface area contributed by atoms with Gasteiger partial charge in [-0.2, -0.15) is 0 Å². The second-order valence-corrected chi connectivity index (χ2v) is 5.99. The summed E-state index contributed by atoms with van der Waals surface area (Å²) in [4.78, 5) is 12.2. The molecule has 3 nitrogen and oxygen atoms in total. The van der Waals surface area contributed by atoms with Crippen LogP contribution in [0.25, 0.3) is 11.3 Å². The van der Waals surface area contributed by atoms with Crippen LogP contribution in [-0.2, 0) is 11.2 Å². The lowest BCUT2D eigenvalue weighted by Crippen LogP contribution is -2.13. The maximum atomic E-state index is 12.2. The summed E-state index contributed by atoms with van der Waals surface area (Å²) >= 11 is 6.20. The Hall–Kier alpha value is -2.52. The zero-order chi connectivity index (χ0) is 15.8. The van der Waals surface area contributed by atoms with Crippen molar-refractivity contribution in [2.45, 2.75) is 12.3 Å². The van der Waals surface area contributed by atoms with E-state index in [1.807, 2.05) is 60.7 Å². The highest BCUT2D eigenvalue weighted by Gasteiger charge is 2.31. The highest BCUT2D eigenvalue weighted by atomic mass is 35.5. The summed E-state index contributed by atoms with van der Waals surface area (Å²) in [6.07, 6.45) is 0.535. The molecule has 0 unspecified atom stereocenters. The van der Waals surface area contributed by atoms with Gasteiger partial charge < -0.3 is 9.73 Å². The Bertz CT molecular complexity index is 884. The molecule has 0 saturated carbocycles. The molecule has 0 aliphatic carbocycles. The molecule has 3 aromatic rings. The number of para-hydroxylation sites is 1. The van der Waals surface area contributed by atoms with Crippen LogP contribution >= 0.6 is 11.6 Å². The number of benzene rings is 2. The van der Waals surface area contributed by atoms with E-state index in [9.17, 15) is 4.79 Å². The van der Waals surface area contributed by atoms with Gasteiger partial charge >= 0.3 is 0 Å². The number of anilines is 1. The van der Waals surface area contributed by atoms with Gasteiger partial charge in [0, 0.05) is 17.7 Å². The van der Waals surface area contributed by atoms with Gasteiger partial charge in [0.25, 0.3) is 0 Å². The Labute approximate surface area is 138 Å². The average Bonchev–Trinajstić information content (AvgIpc) is 3.14. The van der Waals surface area contributed by atoms with Crippen molar-refractivity contribution in [1.82, 2.24) is 0 Å². The van der Waals surface area contributed by atoms with Crippen molar-refractivity contribution in [1.29, 1.82) is 0 Å². The summed E-state index contributed by atoms with van der Waals surface area (Å²) in [5.41, 5.74) is 2.77. The van der Waals surface area contributed by atoms with Crippen LogP contribution in [0, 0.1) is 0 Å². The first-order valence-electron chi connectivity index (χ1n) is 7.46. The zero-order valence-electron chi connectivity index (χ0n) is 12.3. The molecule has 0 bridgehead atoms. The van der Waals surface area contributed by atoms with E-state index in [1.165, 1.54) is 0 Å². The van der Waals surface area contributed by atoms with Gasteiger partial charge in [0.1, 0.15) is 11.5 Å². The number of rotatable bonds is 3. The highest BCUT2D eigenvalue weighted by Crippen LogP contribution is 2.36. The Kier molecular flexibility index (Phi) is 3.43. The number of furan rings is 1. The minimum atomic E-state index is -0.212. The van der Waals surface area contributed by atoms with Crippen molar-refractivity contribution in [2.24, 2.45) is 0 Å². The molecule has 4 heteroatoms. The monoisotopic (exact) mass is 323 g/mol. The number of amides is 1. The van der Waals surface area contributed by atoms with Crippen molar-refractivity contribution in [2.75, 3.05) is 5.32 Å². The Morgan fingerprint density at radius 3 is 2.65 bits per heavy atom. The lowest BCUT2D eigenvalue weighted by atomic mass is 9.96. The van der Waals surface area contributed by atoms with Gasteiger partial charge in [-0.1, -0.05) is 41.9 Å². The van der Waals surface area contributed by atoms with Crippen LogP contribution in [0.5, 0.6) is 0 Å². The van der Waals surface area contributed by atoms with E-state index in [0.717, 1.165) is 28.3 Å². The van der Waals surface area contributed by atoms with E-state index in [4.69, 9.17) is 16.0 Å². The zero-order valence-corrected chi connectivity index (χ0v) is 13.0. The quantitative estimate of drug-likeness (QED) is 0.746. The van der Waals surface area contributed by atoms with Gasteiger partial charge in [-0.15, -0.1) is 0 Å². The summed E-state index contributed by atoms with van der Waals surface area (Å²) < 4.78 is 5.91. The fraction of sp³-hybridized carbons (Fsp3) is 0.105. The van der Waals surface area contributed by atoms with E-state index in [0.29, 0.717) is 11.4 Å². The van der Waals surface area contributed by atoms with Crippen LogP contribution in [0.4, 0.5) is 5.69 Å². The van der Waals surface area contributed by atoms with E-state index >= 15 is 0 Å². The summed E-state index contributed by atoms with van der Waals surface area (Å²) in [5, 5.41) is 3.56. The molecule has 0 saturated heterocycles. The number of hydrogen-bond acceptors (Lipinski definition) is 2. The summed E-state index contributed by atoms with van der Waals surface area (Å²) in [5.74, 6) is 1.30. The molecule has 1 N–H and O–H groups in total. The molecular weight excluding hydrogens is 310 g/mol. The summed E-state index contributed by atoms with van der Waals surface area (Å²) in [7, 11) is 0. The van der Waals surface area contributed by atoms with Crippen molar-refractivity contribution in [3.05, 3.63) is 77.0 Å². The van der Waals surface area contributed by atoms with Crippen LogP contribution in [0.15, 0.2) is 65.1 Å². The van der Waals surface area contributed by atoms with Crippen molar-refractivity contribution < 1.29 is 9.21 Å². The molecule has 23 heavy (non-hydrogen) atoms. The number of carbonyl (C=O) groups excluding carboxylic acids is 1. The predicted molar refractivity (Wildman–Crippen MR) is 90.7 cm³/mol. The average molecular weight is 324 g/mol. The molecule has 2 heterocycles. The smallest absolute Gasteiger partial charge is 0.232 e. The molecule has 2 aromatic carbocycles. The van der Waals surface area contributed by atoms with E-state index in [1.54, 1.807) is 0 Å². The van der Waals surface area contributed by atoms with E-state index in [2.05, 4.69) is 5.32 Å². The second kappa shape index (κ2) is 5.60. The Morgan fingerprint density at radius 2 is 1.78 bits per heavy atom. The van der Waals surface area contributed by atoms with Gasteiger partial charge in [-0.25, -0.2) is 0 Å². The summed E-state index contributed by atoms with van der Waals surface area (Å²) in [6.45, 7) is 0. The standard InChI is InChI=1S/C19H14ClNO2/c20-16-7-3-1-6-14(16)18-10-9-12(23-18)11-15-13-5-2-4-8-17(13)21-19(15)22/h1-10,15H,11H2,(H,21,22)/t15-/m1/s1. The largest absolute Gasteiger partial charge is 0.461 e. The SMILES string of the molecule is O=C1Nc2ccccc2[C@H]1Cc1ccc(-c2ccccc2Cl)o1. The first-order valence-corrected chi connectivity index (χ1v) is 7.83. The fourth-order valence-electron chi connectivity index (χ4n) is 2.97. The maximum absolute atomic E-state index is 12.2. The van der Waals surface area contributed by atoms with Crippen molar-refractivity contribution in [3.8, 4) is 11.3 Å². The van der Waals surface area contributed by atoms with Gasteiger partial charge in [-0.3, -0.25) is 4.79 Å². The number of nitrogens with one attached hydrogen (secondary N) is 1. The van der Waals surface area contributed by atoms with Crippen LogP contribution < -0.4 is 5.32 Å². The van der Waals surface area contributed by atoms with Crippen molar-refractivity contribution >= 4 is 23.2 Å². The highest BCUT2D eigenvalue weighted by molar-refractivity contribution is 6.33. The van der Waals surface area contributed by atoms with Gasteiger partial charge in [0.05, 0.1) is 10.9 Å². The molecule has 4 rings (SSSR count). The fourth-order valence-corrected chi connectivity index (χ4v) is 3.20. The second-order valence-electron chi connectivity index (χ2n) is 5.58. The molecule has 1 aromatic heterocycles. The third-order valence-corrected chi connectivity index (χ3v) is 4.45. The number of hydrogen-bond donors (Lipinski definition) is 1. The van der Waals surface area contributed by atoms with Crippen LogP contribution in [-0.4, -0.2) is 5.91 Å². The first-order chi connectivity index (χ1) is 11.2. The van der Waals surface area contributed by atoms with E-state index in [-0.39, 0.29) is 11.8 Å². The number of carbonyl (C=O) groups is 1. The Balaban J connectivity index is 1.62. The lowest BCUT2D eigenvalue weighted by molar-refractivity contribution is -0.117. The topological polar surface area (TPSA) is 42.2 Å². The molecule has 1 amide bonds. The van der Waals surface area contributed by atoms with Crippen LogP contribution in [0.3, 0.4) is 0 Å². The number of fused-ring (bicyclic) bond motifs is 1. The minimum absolute atomic E-state index is 0.0156. The molecule has 1 aliphatic heterocycles. The third kappa shape index (κ3) is 2.53. The van der Waals surface area contributed by atoms with Gasteiger partial charge in [0.15, 0.2) is 0 Å². The maximum Gasteiger partial charge on any atom is 0.232 e. The molecule has 1 atom stereocenters. The molecular formula is C19H14ClNO2. The first kappa shape index (κ1) is 14.1. The van der Waals surface area contributed by atoms with Gasteiger partial charge in [-0.05, 0) is 35.9 Å². The molecule has 0 radical (unpaired) electrons. The summed E-state index contributed by atoms with van der Waals surface area (Å²) in [6, 6.07) is 19.1. The lowest BCUT2D eigenvalue weighted by Gasteiger charge is -2.06. The minimum Gasteiger partial charge on any atom is -0.461 e. The molecule has 0 fully saturated rings. The predicted octanol–water partition coefficient (Wildman–Crippen LogP) is 4.88. The third-order valence-electron chi connectivity index (χ3n) is 4.12. The molecule has 0 spiro atoms. The van der Waals surface area contributed by atoms with Gasteiger partial charge in [0.2, 0.25) is 5.91 Å². The molecule has 114 valence electrons. The molecule has 1 aliphatic rings. The number of halogens is 1. The van der Waals surface area contributed by atoms with E-state index < -0.39 is 0 Å². The normalized spacial score (nSPS) is 16.2. The van der Waals surface area contributed by atoms with Crippen LogP contribution in [0.2, 0.25) is 5.02 Å². The van der Waals surface area contributed by atoms with Crippen LogP contribution in [0.1, 0.15) is 17.2 Å². The van der Waals surface area contributed by atoms with Crippen molar-refractivity contribution in [3.63, 3.8) is 0 Å².